The highest BCUT2D eigenvalue weighted by Gasteiger charge is 2.12. The van der Waals surface area contributed by atoms with Crippen LogP contribution >= 0.6 is 15.9 Å². The maximum absolute atomic E-state index is 13.9. The first-order chi connectivity index (χ1) is 10.1. The van der Waals surface area contributed by atoms with Crippen LogP contribution in [0.1, 0.15) is 23.6 Å². The summed E-state index contributed by atoms with van der Waals surface area (Å²) in [6.07, 6.45) is 1.59. The lowest BCUT2D eigenvalue weighted by atomic mass is 9.98. The summed E-state index contributed by atoms with van der Waals surface area (Å²) < 4.78 is 14.8. The molecule has 0 saturated carbocycles. The summed E-state index contributed by atoms with van der Waals surface area (Å²) in [5.41, 5.74) is 3.29. The zero-order chi connectivity index (χ0) is 15.2. The summed E-state index contributed by atoms with van der Waals surface area (Å²) in [6, 6.07) is 13.9. The van der Waals surface area contributed by atoms with Gasteiger partial charge in [0.1, 0.15) is 5.82 Å². The molecule has 3 heteroatoms. The van der Waals surface area contributed by atoms with Crippen molar-refractivity contribution in [3.63, 3.8) is 0 Å². The van der Waals surface area contributed by atoms with Gasteiger partial charge in [-0.25, -0.2) is 4.39 Å². The second-order valence-electron chi connectivity index (χ2n) is 5.38. The van der Waals surface area contributed by atoms with Gasteiger partial charge in [-0.05, 0) is 55.6 Å². The molecule has 0 heterocycles. The Morgan fingerprint density at radius 3 is 2.48 bits per heavy atom. The Morgan fingerprint density at radius 2 is 1.81 bits per heavy atom. The topological polar surface area (TPSA) is 12.0 Å². The lowest BCUT2D eigenvalue weighted by molar-refractivity contribution is 0.505. The van der Waals surface area contributed by atoms with E-state index in [-0.39, 0.29) is 11.9 Å². The molecule has 1 nitrogen and oxygen atoms in total. The Hall–Kier alpha value is -1.19. The van der Waals surface area contributed by atoms with Crippen molar-refractivity contribution in [2.45, 2.75) is 32.7 Å². The summed E-state index contributed by atoms with van der Waals surface area (Å²) >= 11 is 3.41. The third-order valence-corrected chi connectivity index (χ3v) is 4.06. The van der Waals surface area contributed by atoms with E-state index in [0.717, 1.165) is 23.0 Å². The van der Waals surface area contributed by atoms with E-state index in [9.17, 15) is 4.39 Å². The summed E-state index contributed by atoms with van der Waals surface area (Å²) in [6.45, 7) is 5.05. The minimum Gasteiger partial charge on any atom is -0.314 e. The maximum atomic E-state index is 13.9. The van der Waals surface area contributed by atoms with E-state index in [1.165, 1.54) is 17.2 Å². The fourth-order valence-electron chi connectivity index (χ4n) is 2.48. The van der Waals surface area contributed by atoms with Crippen molar-refractivity contribution >= 4 is 15.9 Å². The highest BCUT2D eigenvalue weighted by molar-refractivity contribution is 9.10. The largest absolute Gasteiger partial charge is 0.314 e. The zero-order valence-electron chi connectivity index (χ0n) is 12.5. The zero-order valence-corrected chi connectivity index (χ0v) is 14.1. The SMILES string of the molecule is CCNC(Cc1ccc(C)cc1)Cc1cc(Br)ccc1F. The molecule has 0 saturated heterocycles. The van der Waals surface area contributed by atoms with Crippen LogP contribution in [-0.2, 0) is 12.8 Å². The van der Waals surface area contributed by atoms with E-state index in [4.69, 9.17) is 0 Å². The Balaban J connectivity index is 2.11. The fraction of sp³-hybridized carbons (Fsp3) is 0.333. The predicted molar refractivity (Wildman–Crippen MR) is 90.2 cm³/mol. The van der Waals surface area contributed by atoms with Crippen LogP contribution in [-0.4, -0.2) is 12.6 Å². The summed E-state index contributed by atoms with van der Waals surface area (Å²) in [5.74, 6) is -0.134. The van der Waals surface area contributed by atoms with Crippen LogP contribution in [0.5, 0.6) is 0 Å². The van der Waals surface area contributed by atoms with Crippen molar-refractivity contribution in [2.24, 2.45) is 0 Å². The van der Waals surface area contributed by atoms with E-state index in [2.05, 4.69) is 59.4 Å². The lowest BCUT2D eigenvalue weighted by Gasteiger charge is -2.19. The van der Waals surface area contributed by atoms with Gasteiger partial charge in [0.15, 0.2) is 0 Å². The van der Waals surface area contributed by atoms with Crippen LogP contribution in [0.15, 0.2) is 46.9 Å². The molecule has 0 aromatic heterocycles. The Kier molecular flexibility index (Phi) is 5.95. The highest BCUT2D eigenvalue weighted by Crippen LogP contribution is 2.18. The average molecular weight is 350 g/mol. The smallest absolute Gasteiger partial charge is 0.126 e. The van der Waals surface area contributed by atoms with Crippen molar-refractivity contribution in [1.29, 1.82) is 0 Å². The molecule has 1 N–H and O–H groups in total. The molecular formula is C18H21BrFN. The normalized spacial score (nSPS) is 12.4. The first-order valence-electron chi connectivity index (χ1n) is 7.31. The molecule has 2 aromatic carbocycles. The number of hydrogen-bond donors (Lipinski definition) is 1. The van der Waals surface area contributed by atoms with Gasteiger partial charge in [-0.3, -0.25) is 0 Å². The maximum Gasteiger partial charge on any atom is 0.126 e. The van der Waals surface area contributed by atoms with Crippen LogP contribution in [0.2, 0.25) is 0 Å². The fourth-order valence-corrected chi connectivity index (χ4v) is 2.89. The molecule has 0 amide bonds. The molecule has 0 fully saturated rings. The summed E-state index contributed by atoms with van der Waals surface area (Å²) in [4.78, 5) is 0. The highest BCUT2D eigenvalue weighted by atomic mass is 79.9. The minimum atomic E-state index is -0.134. The number of rotatable bonds is 6. The molecule has 1 unspecified atom stereocenters. The van der Waals surface area contributed by atoms with Crippen LogP contribution in [0.25, 0.3) is 0 Å². The molecule has 0 bridgehead atoms. The number of nitrogens with one attached hydrogen (secondary N) is 1. The minimum absolute atomic E-state index is 0.134. The van der Waals surface area contributed by atoms with E-state index in [1.54, 1.807) is 6.07 Å². The number of halogens is 2. The van der Waals surface area contributed by atoms with Crippen molar-refractivity contribution < 1.29 is 4.39 Å². The third-order valence-electron chi connectivity index (χ3n) is 3.57. The van der Waals surface area contributed by atoms with Gasteiger partial charge in [0.25, 0.3) is 0 Å². The lowest BCUT2D eigenvalue weighted by Crippen LogP contribution is -2.33. The molecular weight excluding hydrogens is 329 g/mol. The Morgan fingerprint density at radius 1 is 1.10 bits per heavy atom. The molecule has 2 aromatic rings. The van der Waals surface area contributed by atoms with Gasteiger partial charge >= 0.3 is 0 Å². The quantitative estimate of drug-likeness (QED) is 0.799. The van der Waals surface area contributed by atoms with E-state index in [1.807, 2.05) is 6.07 Å². The number of hydrogen-bond acceptors (Lipinski definition) is 1. The monoisotopic (exact) mass is 349 g/mol. The summed E-state index contributed by atoms with van der Waals surface area (Å²) in [7, 11) is 0. The van der Waals surface area contributed by atoms with E-state index in [0.29, 0.717) is 6.42 Å². The first kappa shape index (κ1) is 16.2. The second-order valence-corrected chi connectivity index (χ2v) is 6.30. The van der Waals surface area contributed by atoms with Gasteiger partial charge < -0.3 is 5.32 Å². The Bertz CT molecular complexity index is 580. The molecule has 0 aliphatic carbocycles. The molecule has 1 atom stereocenters. The molecule has 21 heavy (non-hydrogen) atoms. The van der Waals surface area contributed by atoms with Gasteiger partial charge in [0.2, 0.25) is 0 Å². The average Bonchev–Trinajstić information content (AvgIpc) is 2.45. The van der Waals surface area contributed by atoms with E-state index < -0.39 is 0 Å². The van der Waals surface area contributed by atoms with Crippen molar-refractivity contribution in [2.75, 3.05) is 6.54 Å². The molecule has 0 aliphatic heterocycles. The molecule has 112 valence electrons. The van der Waals surface area contributed by atoms with Crippen LogP contribution in [0.3, 0.4) is 0 Å². The van der Waals surface area contributed by atoms with Gasteiger partial charge in [-0.15, -0.1) is 0 Å². The van der Waals surface area contributed by atoms with Crippen LogP contribution < -0.4 is 5.32 Å². The van der Waals surface area contributed by atoms with Crippen LogP contribution in [0.4, 0.5) is 4.39 Å². The summed E-state index contributed by atoms with van der Waals surface area (Å²) in [5, 5.41) is 3.46. The molecule has 0 radical (unpaired) electrons. The number of benzene rings is 2. The molecule has 0 spiro atoms. The first-order valence-corrected chi connectivity index (χ1v) is 8.10. The third kappa shape index (κ3) is 4.94. The molecule has 0 aliphatic rings. The number of aryl methyl sites for hydroxylation is 1. The predicted octanol–water partition coefficient (Wildman–Crippen LogP) is 4.66. The van der Waals surface area contributed by atoms with Gasteiger partial charge in [0, 0.05) is 10.5 Å². The standard InChI is InChI=1S/C18H21BrFN/c1-3-21-17(10-14-6-4-13(2)5-7-14)12-15-11-16(19)8-9-18(15)20/h4-9,11,17,21H,3,10,12H2,1-2H3. The molecule has 2 rings (SSSR count). The van der Waals surface area contributed by atoms with Crippen molar-refractivity contribution in [1.82, 2.24) is 5.32 Å². The second kappa shape index (κ2) is 7.71. The Labute approximate surface area is 134 Å². The van der Waals surface area contributed by atoms with Gasteiger partial charge in [-0.2, -0.15) is 0 Å². The van der Waals surface area contributed by atoms with Crippen LogP contribution in [0, 0.1) is 12.7 Å². The van der Waals surface area contributed by atoms with Gasteiger partial charge in [0.05, 0.1) is 0 Å². The van der Waals surface area contributed by atoms with Gasteiger partial charge in [-0.1, -0.05) is 52.7 Å². The van der Waals surface area contributed by atoms with Crippen molar-refractivity contribution in [3.8, 4) is 0 Å². The van der Waals surface area contributed by atoms with E-state index >= 15 is 0 Å². The van der Waals surface area contributed by atoms with Crippen molar-refractivity contribution in [3.05, 3.63) is 69.4 Å². The number of likely N-dealkylation sites (N-methyl/N-ethyl adjacent to an activating group) is 1.